The van der Waals surface area contributed by atoms with E-state index < -0.39 is 29.5 Å². The van der Waals surface area contributed by atoms with Crippen molar-refractivity contribution in [3.8, 4) is 0 Å². The van der Waals surface area contributed by atoms with Gasteiger partial charge in [-0.2, -0.15) is 0 Å². The van der Waals surface area contributed by atoms with Crippen LogP contribution < -0.4 is 11.1 Å². The maximum Gasteiger partial charge on any atom is 0.252 e. The molecule has 0 radical (unpaired) electrons. The number of amides is 2. The molecule has 0 saturated heterocycles. The van der Waals surface area contributed by atoms with Gasteiger partial charge in [-0.05, 0) is 43.0 Å². The number of carbonyl (C=O) groups is 2. The summed E-state index contributed by atoms with van der Waals surface area (Å²) in [6, 6.07) is 11.6. The van der Waals surface area contributed by atoms with Gasteiger partial charge >= 0.3 is 0 Å². The Labute approximate surface area is 138 Å². The molecule has 4 nitrogen and oxygen atoms in total. The molecule has 2 aromatic rings. The Morgan fingerprint density at radius 3 is 2.38 bits per heavy atom. The first-order valence-corrected chi connectivity index (χ1v) is 7.56. The van der Waals surface area contributed by atoms with Crippen molar-refractivity contribution >= 4 is 11.8 Å². The SMILES string of the molecule is NC(=O)[C@H](CCCc1ccccc1)NC(=O)c1ccc(F)c(F)c1. The van der Waals surface area contributed by atoms with Crippen LogP contribution in [0.5, 0.6) is 0 Å². The molecule has 0 aliphatic carbocycles. The Bertz CT molecular complexity index is 720. The number of primary amides is 1. The lowest BCUT2D eigenvalue weighted by Gasteiger charge is -2.15. The predicted octanol–water partition coefficient (Wildman–Crippen LogP) is 2.57. The van der Waals surface area contributed by atoms with Gasteiger partial charge < -0.3 is 11.1 Å². The maximum absolute atomic E-state index is 13.2. The Kier molecular flexibility index (Phi) is 6.01. The first-order chi connectivity index (χ1) is 11.5. The smallest absolute Gasteiger partial charge is 0.252 e. The third kappa shape index (κ3) is 4.87. The first-order valence-electron chi connectivity index (χ1n) is 7.56. The highest BCUT2D eigenvalue weighted by atomic mass is 19.2. The maximum atomic E-state index is 13.2. The molecule has 2 aromatic carbocycles. The summed E-state index contributed by atoms with van der Waals surface area (Å²) < 4.78 is 26.1. The largest absolute Gasteiger partial charge is 0.368 e. The third-order valence-corrected chi connectivity index (χ3v) is 3.63. The average Bonchev–Trinajstić information content (AvgIpc) is 2.57. The minimum atomic E-state index is -1.12. The van der Waals surface area contributed by atoms with Gasteiger partial charge in [-0.25, -0.2) is 8.78 Å². The van der Waals surface area contributed by atoms with Crippen molar-refractivity contribution in [2.24, 2.45) is 5.73 Å². The van der Waals surface area contributed by atoms with Crippen molar-refractivity contribution in [3.05, 3.63) is 71.3 Å². The molecule has 0 aliphatic rings. The quantitative estimate of drug-likeness (QED) is 0.818. The molecule has 0 aromatic heterocycles. The number of hydrogen-bond donors (Lipinski definition) is 2. The minimum absolute atomic E-state index is 0.0665. The van der Waals surface area contributed by atoms with Crippen molar-refractivity contribution in [2.75, 3.05) is 0 Å². The Hall–Kier alpha value is -2.76. The molecule has 0 unspecified atom stereocenters. The molecule has 6 heteroatoms. The zero-order valence-electron chi connectivity index (χ0n) is 13.0. The molecular formula is C18H18F2N2O2. The third-order valence-electron chi connectivity index (χ3n) is 3.63. The second-order valence-electron chi connectivity index (χ2n) is 5.44. The van der Waals surface area contributed by atoms with E-state index in [2.05, 4.69) is 5.32 Å². The molecule has 0 aliphatic heterocycles. The number of hydrogen-bond acceptors (Lipinski definition) is 2. The summed E-state index contributed by atoms with van der Waals surface area (Å²) >= 11 is 0. The van der Waals surface area contributed by atoms with Crippen LogP contribution in [0.2, 0.25) is 0 Å². The Morgan fingerprint density at radius 2 is 1.75 bits per heavy atom. The number of benzene rings is 2. The van der Waals surface area contributed by atoms with E-state index in [1.807, 2.05) is 30.3 Å². The molecule has 0 saturated carbocycles. The van der Waals surface area contributed by atoms with E-state index in [1.54, 1.807) is 0 Å². The number of carbonyl (C=O) groups excluding carboxylic acids is 2. The molecule has 2 rings (SSSR count). The van der Waals surface area contributed by atoms with Gasteiger partial charge in [0.2, 0.25) is 5.91 Å². The molecule has 0 bridgehead atoms. The number of halogens is 2. The Balaban J connectivity index is 1.93. The lowest BCUT2D eigenvalue weighted by atomic mass is 10.0. The molecule has 24 heavy (non-hydrogen) atoms. The predicted molar refractivity (Wildman–Crippen MR) is 86.2 cm³/mol. The average molecular weight is 332 g/mol. The van der Waals surface area contributed by atoms with Crippen molar-refractivity contribution < 1.29 is 18.4 Å². The van der Waals surface area contributed by atoms with Gasteiger partial charge in [-0.15, -0.1) is 0 Å². The van der Waals surface area contributed by atoms with Gasteiger partial charge in [-0.1, -0.05) is 30.3 Å². The van der Waals surface area contributed by atoms with Crippen LogP contribution in [0.1, 0.15) is 28.8 Å². The van der Waals surface area contributed by atoms with Gasteiger partial charge in [0.15, 0.2) is 11.6 Å². The highest BCUT2D eigenvalue weighted by Gasteiger charge is 2.19. The van der Waals surface area contributed by atoms with E-state index >= 15 is 0 Å². The number of nitrogens with two attached hydrogens (primary N) is 1. The fraction of sp³-hybridized carbons (Fsp3) is 0.222. The zero-order chi connectivity index (χ0) is 17.5. The normalized spacial score (nSPS) is 11.8. The molecule has 0 heterocycles. The summed E-state index contributed by atoms with van der Waals surface area (Å²) in [6.45, 7) is 0. The van der Waals surface area contributed by atoms with E-state index in [4.69, 9.17) is 5.73 Å². The number of rotatable bonds is 7. The molecule has 126 valence electrons. The summed E-state index contributed by atoms with van der Waals surface area (Å²) in [5.74, 6) is -3.50. The monoisotopic (exact) mass is 332 g/mol. The van der Waals surface area contributed by atoms with Crippen molar-refractivity contribution in [2.45, 2.75) is 25.3 Å². The minimum Gasteiger partial charge on any atom is -0.368 e. The lowest BCUT2D eigenvalue weighted by molar-refractivity contribution is -0.120. The standard InChI is InChI=1S/C18H18F2N2O2/c19-14-10-9-13(11-15(14)20)18(24)22-16(17(21)23)8-4-7-12-5-2-1-3-6-12/h1-3,5-6,9-11,16H,4,7-8H2,(H2,21,23)(H,22,24)/t16-/m0/s1. The highest BCUT2D eigenvalue weighted by molar-refractivity contribution is 5.97. The van der Waals surface area contributed by atoms with Crippen LogP contribution in [0.4, 0.5) is 8.78 Å². The molecule has 2 amide bonds. The fourth-order valence-electron chi connectivity index (χ4n) is 2.32. The first kappa shape index (κ1) is 17.6. The van der Waals surface area contributed by atoms with Crippen molar-refractivity contribution in [3.63, 3.8) is 0 Å². The summed E-state index contributed by atoms with van der Waals surface area (Å²) in [6.07, 6.45) is 1.75. The topological polar surface area (TPSA) is 72.2 Å². The van der Waals surface area contributed by atoms with Crippen molar-refractivity contribution in [1.29, 1.82) is 0 Å². The highest BCUT2D eigenvalue weighted by Crippen LogP contribution is 2.10. The zero-order valence-corrected chi connectivity index (χ0v) is 13.0. The second kappa shape index (κ2) is 8.19. The van der Waals surface area contributed by atoms with Crippen LogP contribution in [0.15, 0.2) is 48.5 Å². The van der Waals surface area contributed by atoms with E-state index in [0.717, 1.165) is 30.2 Å². The van der Waals surface area contributed by atoms with E-state index in [1.165, 1.54) is 0 Å². The molecule has 0 fully saturated rings. The fourth-order valence-corrected chi connectivity index (χ4v) is 2.32. The molecule has 3 N–H and O–H groups in total. The molecule has 1 atom stereocenters. The number of nitrogens with one attached hydrogen (secondary N) is 1. The van der Waals surface area contributed by atoms with E-state index in [9.17, 15) is 18.4 Å². The molecule has 0 spiro atoms. The second-order valence-corrected chi connectivity index (χ2v) is 5.44. The van der Waals surface area contributed by atoms with Crippen LogP contribution in [0, 0.1) is 11.6 Å². The van der Waals surface area contributed by atoms with Crippen LogP contribution in [-0.4, -0.2) is 17.9 Å². The number of aryl methyl sites for hydroxylation is 1. The van der Waals surface area contributed by atoms with Gasteiger partial charge in [-0.3, -0.25) is 9.59 Å². The summed E-state index contributed by atoms with van der Waals surface area (Å²) in [5, 5.41) is 2.46. The Morgan fingerprint density at radius 1 is 1.04 bits per heavy atom. The van der Waals surface area contributed by atoms with Gasteiger partial charge in [0, 0.05) is 5.56 Å². The van der Waals surface area contributed by atoms with Gasteiger partial charge in [0.25, 0.3) is 5.91 Å². The summed E-state index contributed by atoms with van der Waals surface area (Å²) in [7, 11) is 0. The molecular weight excluding hydrogens is 314 g/mol. The van der Waals surface area contributed by atoms with Crippen LogP contribution in [0.3, 0.4) is 0 Å². The van der Waals surface area contributed by atoms with Crippen LogP contribution in [-0.2, 0) is 11.2 Å². The van der Waals surface area contributed by atoms with Crippen LogP contribution in [0.25, 0.3) is 0 Å². The van der Waals surface area contributed by atoms with E-state index in [0.29, 0.717) is 12.8 Å². The summed E-state index contributed by atoms with van der Waals surface area (Å²) in [4.78, 5) is 23.6. The van der Waals surface area contributed by atoms with Gasteiger partial charge in [0.1, 0.15) is 6.04 Å². The summed E-state index contributed by atoms with van der Waals surface area (Å²) in [5.41, 5.74) is 6.36. The van der Waals surface area contributed by atoms with Gasteiger partial charge in [0.05, 0.1) is 0 Å². The van der Waals surface area contributed by atoms with Crippen LogP contribution >= 0.6 is 0 Å². The van der Waals surface area contributed by atoms with Crippen molar-refractivity contribution in [1.82, 2.24) is 5.32 Å². The lowest BCUT2D eigenvalue weighted by Crippen LogP contribution is -2.44. The van der Waals surface area contributed by atoms with E-state index in [-0.39, 0.29) is 5.56 Å².